The van der Waals surface area contributed by atoms with Crippen LogP contribution in [0.3, 0.4) is 0 Å². The van der Waals surface area contributed by atoms with Crippen LogP contribution < -0.4 is 4.90 Å². The number of imidazole rings is 1. The molecule has 0 N–H and O–H groups in total. The standard InChI is InChI=1S/C54H34N4.Pt/c1-5-17-37(18-6-1)45-33-47-41-25-13-15-27-43(41)50-36-52(54-56-30-32-58(54)40-23-11-4-12-24-40)46(38-19-7-2-8-20-38)34-48(50)42-26-14-16-28-44(42)49(47)35-51(45)53-55-29-31-57(53)39-21-9-3-10-22-39;/h1-17,19,21-29,31-36,54H;/q-2;+2. The number of fused-ring (bicyclic) bond motifs is 8. The van der Waals surface area contributed by atoms with E-state index in [0.29, 0.717) is 0 Å². The van der Waals surface area contributed by atoms with Gasteiger partial charge in [-0.25, -0.2) is 9.98 Å². The van der Waals surface area contributed by atoms with E-state index in [9.17, 15) is 0 Å². The molecule has 0 saturated carbocycles. The van der Waals surface area contributed by atoms with E-state index in [1.807, 2.05) is 55.0 Å². The van der Waals surface area contributed by atoms with Gasteiger partial charge in [-0.3, -0.25) is 0 Å². The molecule has 8 aromatic carbocycles. The van der Waals surface area contributed by atoms with Crippen LogP contribution in [0, 0.1) is 12.1 Å². The number of aliphatic imine (C=N–C) groups is 1. The first-order chi connectivity index (χ1) is 28.8. The molecule has 0 amide bonds. The van der Waals surface area contributed by atoms with Gasteiger partial charge in [0.05, 0.1) is 6.20 Å². The van der Waals surface area contributed by atoms with Crippen LogP contribution in [0.5, 0.6) is 0 Å². The van der Waals surface area contributed by atoms with Gasteiger partial charge in [-0.1, -0.05) is 120 Å². The van der Waals surface area contributed by atoms with Gasteiger partial charge in [0.25, 0.3) is 0 Å². The summed E-state index contributed by atoms with van der Waals surface area (Å²) in [6.07, 6.45) is 5.58. The third-order valence-electron chi connectivity index (χ3n) is 11.3. The quantitative estimate of drug-likeness (QED) is 0.156. The van der Waals surface area contributed by atoms with Gasteiger partial charge in [-0.05, 0) is 79.9 Å². The fourth-order valence-electron chi connectivity index (χ4n) is 8.62. The minimum absolute atomic E-state index is 0. The van der Waals surface area contributed by atoms with E-state index in [1.165, 1.54) is 0 Å². The van der Waals surface area contributed by atoms with Gasteiger partial charge in [-0.15, -0.1) is 71.8 Å². The second-order valence-electron chi connectivity index (χ2n) is 14.5. The molecular weight excluding hydrogens is 900 g/mol. The summed E-state index contributed by atoms with van der Waals surface area (Å²) in [4.78, 5) is 12.2. The van der Waals surface area contributed by atoms with Crippen molar-refractivity contribution in [3.8, 4) is 83.8 Å². The molecule has 11 rings (SSSR count). The molecule has 2 aliphatic rings. The Labute approximate surface area is 358 Å². The molecule has 0 fully saturated rings. The molecule has 0 radical (unpaired) electrons. The van der Waals surface area contributed by atoms with Gasteiger partial charge in [0.2, 0.25) is 0 Å². The first-order valence-electron chi connectivity index (χ1n) is 19.5. The third kappa shape index (κ3) is 6.31. The van der Waals surface area contributed by atoms with Crippen molar-refractivity contribution in [2.24, 2.45) is 4.99 Å². The van der Waals surface area contributed by atoms with Crippen LogP contribution in [0.25, 0.3) is 83.8 Å². The fraction of sp³-hybridized carbons (Fsp3) is 0.0185. The van der Waals surface area contributed by atoms with E-state index >= 15 is 0 Å². The molecule has 0 bridgehead atoms. The van der Waals surface area contributed by atoms with Gasteiger partial charge in [0.15, 0.2) is 6.17 Å². The van der Waals surface area contributed by atoms with Gasteiger partial charge in [0, 0.05) is 29.6 Å². The van der Waals surface area contributed by atoms with Crippen LogP contribution in [0.15, 0.2) is 206 Å². The fourth-order valence-corrected chi connectivity index (χ4v) is 8.62. The van der Waals surface area contributed by atoms with E-state index in [4.69, 9.17) is 9.98 Å². The van der Waals surface area contributed by atoms with Gasteiger partial charge < -0.3 is 9.47 Å². The summed E-state index contributed by atoms with van der Waals surface area (Å²) in [6.45, 7) is 0. The molecule has 1 unspecified atom stereocenters. The molecule has 1 aliphatic heterocycles. The van der Waals surface area contributed by atoms with Crippen molar-refractivity contribution in [2.75, 3.05) is 4.90 Å². The first-order valence-corrected chi connectivity index (χ1v) is 19.5. The molecule has 1 aliphatic carbocycles. The van der Waals surface area contributed by atoms with Crippen molar-refractivity contribution < 1.29 is 21.1 Å². The maximum absolute atomic E-state index is 5.02. The summed E-state index contributed by atoms with van der Waals surface area (Å²) < 4.78 is 2.18. The Kier molecular flexibility index (Phi) is 9.43. The Morgan fingerprint density at radius 3 is 1.53 bits per heavy atom. The zero-order valence-electron chi connectivity index (χ0n) is 31.7. The van der Waals surface area contributed by atoms with E-state index in [0.717, 1.165) is 95.1 Å². The smallest absolute Gasteiger partial charge is 0.313 e. The summed E-state index contributed by atoms with van der Waals surface area (Å²) in [5, 5.41) is 0. The van der Waals surface area contributed by atoms with Gasteiger partial charge in [0.1, 0.15) is 5.82 Å². The number of aromatic nitrogens is 2. The summed E-state index contributed by atoms with van der Waals surface area (Å²) in [5.41, 5.74) is 17.6. The average Bonchev–Trinajstić information content (AvgIpc) is 4.00. The van der Waals surface area contributed by atoms with Crippen molar-refractivity contribution in [2.45, 2.75) is 6.17 Å². The Hall–Kier alpha value is -7.09. The van der Waals surface area contributed by atoms with E-state index in [-0.39, 0.29) is 27.2 Å². The largest absolute Gasteiger partial charge is 2.00 e. The van der Waals surface area contributed by atoms with Crippen LogP contribution in [0.1, 0.15) is 11.7 Å². The Bertz CT molecular complexity index is 3030. The SMILES string of the molecule is C1=CN(c2ccccc2)C(c2cc3c(cc2-c2[c-]cccc2)-c2ccccc2-c2cc(-c4nccn4-c4ccccc4)c(-c4[c-]cccc4)cc2-c2ccccc2-3)N=1.[Pt+2]. The number of para-hydroxylation sites is 2. The monoisotopic (exact) mass is 933 g/mol. The van der Waals surface area contributed by atoms with Gasteiger partial charge in [-0.2, -0.15) is 0 Å². The molecule has 1 atom stereocenters. The summed E-state index contributed by atoms with van der Waals surface area (Å²) >= 11 is 0. The zero-order valence-corrected chi connectivity index (χ0v) is 34.0. The predicted octanol–water partition coefficient (Wildman–Crippen LogP) is 13.2. The molecular formula is C54H34N4Pt. The Morgan fingerprint density at radius 2 is 0.949 bits per heavy atom. The molecule has 1 aromatic heterocycles. The normalized spacial score (nSPS) is 13.4. The third-order valence-corrected chi connectivity index (χ3v) is 11.3. The van der Waals surface area contributed by atoms with E-state index < -0.39 is 0 Å². The Morgan fingerprint density at radius 1 is 0.458 bits per heavy atom. The number of hydrogen-bond donors (Lipinski definition) is 0. The van der Waals surface area contributed by atoms with Crippen molar-refractivity contribution in [3.05, 3.63) is 218 Å². The molecule has 5 heteroatoms. The number of benzene rings is 8. The van der Waals surface area contributed by atoms with E-state index in [1.54, 1.807) is 0 Å². The zero-order chi connectivity index (χ0) is 38.4. The van der Waals surface area contributed by atoms with Crippen molar-refractivity contribution in [1.82, 2.24) is 9.55 Å². The van der Waals surface area contributed by atoms with E-state index in [2.05, 4.69) is 173 Å². The minimum atomic E-state index is -0.312. The van der Waals surface area contributed by atoms with Gasteiger partial charge >= 0.3 is 21.1 Å². The molecule has 0 saturated heterocycles. The predicted molar refractivity (Wildman–Crippen MR) is 237 cm³/mol. The molecule has 59 heavy (non-hydrogen) atoms. The summed E-state index contributed by atoms with van der Waals surface area (Å²) in [5.74, 6) is 4.08. The number of rotatable bonds is 6. The molecule has 9 aromatic rings. The second-order valence-corrected chi connectivity index (χ2v) is 14.5. The van der Waals surface area contributed by atoms with Crippen LogP contribution in [-0.4, -0.2) is 15.4 Å². The van der Waals surface area contributed by atoms with Crippen LogP contribution in [0.4, 0.5) is 5.69 Å². The number of anilines is 1. The summed E-state index contributed by atoms with van der Waals surface area (Å²) in [6, 6.07) is 71.5. The Balaban J connectivity index is 0.00000420. The molecule has 4 nitrogen and oxygen atoms in total. The van der Waals surface area contributed by atoms with Crippen LogP contribution in [-0.2, 0) is 21.1 Å². The van der Waals surface area contributed by atoms with Crippen LogP contribution in [0.2, 0.25) is 0 Å². The first kappa shape index (κ1) is 36.3. The molecule has 0 spiro atoms. The average molecular weight is 934 g/mol. The van der Waals surface area contributed by atoms with Crippen LogP contribution >= 0.6 is 0 Å². The minimum Gasteiger partial charge on any atom is -0.313 e. The van der Waals surface area contributed by atoms with Crippen molar-refractivity contribution >= 4 is 11.6 Å². The number of nitrogens with zero attached hydrogens (tertiary/aromatic N) is 4. The van der Waals surface area contributed by atoms with Crippen molar-refractivity contribution in [3.63, 3.8) is 0 Å². The molecule has 2 heterocycles. The maximum Gasteiger partial charge on any atom is 2.00 e. The second kappa shape index (κ2) is 15.3. The number of hydrogen-bond acceptors (Lipinski definition) is 3. The topological polar surface area (TPSA) is 33.4 Å². The maximum atomic E-state index is 5.02. The summed E-state index contributed by atoms with van der Waals surface area (Å²) in [7, 11) is 0. The molecule has 280 valence electrons. The van der Waals surface area contributed by atoms with Crippen molar-refractivity contribution in [1.29, 1.82) is 0 Å².